The predicted octanol–water partition coefficient (Wildman–Crippen LogP) is 2.46. The summed E-state index contributed by atoms with van der Waals surface area (Å²) in [6, 6.07) is 0. The first kappa shape index (κ1) is 16.8. The van der Waals surface area contributed by atoms with Crippen LogP contribution < -0.4 is 0 Å². The Hall–Kier alpha value is -1.29. The highest BCUT2D eigenvalue weighted by molar-refractivity contribution is 5.95. The number of unbranched alkanes of at least 4 members (excludes halogenated alkanes) is 4. The summed E-state index contributed by atoms with van der Waals surface area (Å²) < 4.78 is 5.54. The number of ketones is 1. The second-order valence-corrected chi connectivity index (χ2v) is 5.07. The highest BCUT2D eigenvalue weighted by Crippen LogP contribution is 2.29. The molecule has 0 spiro atoms. The van der Waals surface area contributed by atoms with Gasteiger partial charge in [0, 0.05) is 12.8 Å². The third-order valence-electron chi connectivity index (χ3n) is 3.27. The number of epoxide rings is 1. The molecular weight excluding hydrogens is 252 g/mol. The maximum Gasteiger partial charge on any atom is 0.208 e. The standard InChI is InChI=1S/C17H24O3/c1-2-3-4-5-8-11-16-17(20-16)12-9-6-7-10-15(19)13-14-18/h16-18H,2-5,8,11-14H2,1H3. The molecule has 0 radical (unpaired) electrons. The van der Waals surface area contributed by atoms with Crippen molar-refractivity contribution in [3.8, 4) is 23.7 Å². The fraction of sp³-hybridized carbons (Fsp3) is 0.706. The summed E-state index contributed by atoms with van der Waals surface area (Å²) in [6.45, 7) is 2.07. The molecule has 2 unspecified atom stereocenters. The van der Waals surface area contributed by atoms with E-state index in [-0.39, 0.29) is 24.9 Å². The van der Waals surface area contributed by atoms with Gasteiger partial charge < -0.3 is 9.84 Å². The van der Waals surface area contributed by atoms with Crippen LogP contribution in [0.3, 0.4) is 0 Å². The summed E-state index contributed by atoms with van der Waals surface area (Å²) in [5.74, 6) is 10.2. The van der Waals surface area contributed by atoms with Gasteiger partial charge in [0.05, 0.1) is 18.8 Å². The lowest BCUT2D eigenvalue weighted by molar-refractivity contribution is -0.114. The van der Waals surface area contributed by atoms with Crippen molar-refractivity contribution in [2.45, 2.75) is 70.5 Å². The number of rotatable bonds is 9. The molecule has 110 valence electrons. The Morgan fingerprint density at radius 2 is 1.95 bits per heavy atom. The number of carbonyl (C=O) groups excluding carboxylic acids is 1. The van der Waals surface area contributed by atoms with Crippen LogP contribution in [-0.4, -0.2) is 29.7 Å². The normalized spacial score (nSPS) is 19.5. The summed E-state index contributed by atoms with van der Waals surface area (Å²) in [5, 5.41) is 8.53. The van der Waals surface area contributed by atoms with Crippen molar-refractivity contribution in [1.29, 1.82) is 0 Å². The monoisotopic (exact) mass is 276 g/mol. The smallest absolute Gasteiger partial charge is 0.208 e. The zero-order chi connectivity index (χ0) is 14.6. The van der Waals surface area contributed by atoms with Crippen molar-refractivity contribution in [2.24, 2.45) is 0 Å². The minimum atomic E-state index is -0.269. The van der Waals surface area contributed by atoms with E-state index in [0.717, 1.165) is 6.42 Å². The maximum atomic E-state index is 11.0. The van der Waals surface area contributed by atoms with E-state index in [2.05, 4.69) is 30.6 Å². The molecule has 1 saturated heterocycles. The van der Waals surface area contributed by atoms with Crippen LogP contribution in [0.5, 0.6) is 0 Å². The lowest BCUT2D eigenvalue weighted by Gasteiger charge is -1.96. The van der Waals surface area contributed by atoms with Crippen molar-refractivity contribution >= 4 is 5.78 Å². The van der Waals surface area contributed by atoms with E-state index in [0.29, 0.717) is 12.5 Å². The first-order chi connectivity index (χ1) is 9.77. The molecule has 1 aliphatic heterocycles. The minimum Gasteiger partial charge on any atom is -0.396 e. The Labute approximate surface area is 122 Å². The molecule has 2 atom stereocenters. The average molecular weight is 276 g/mol. The summed E-state index contributed by atoms with van der Waals surface area (Å²) in [4.78, 5) is 11.0. The van der Waals surface area contributed by atoms with Crippen LogP contribution >= 0.6 is 0 Å². The van der Waals surface area contributed by atoms with Crippen LogP contribution in [0.15, 0.2) is 0 Å². The van der Waals surface area contributed by atoms with Gasteiger partial charge in [-0.15, -0.1) is 0 Å². The van der Waals surface area contributed by atoms with E-state index in [1.807, 2.05) is 0 Å². The Morgan fingerprint density at radius 1 is 1.15 bits per heavy atom. The van der Waals surface area contributed by atoms with Crippen LogP contribution in [0.1, 0.15) is 58.3 Å². The first-order valence-corrected chi connectivity index (χ1v) is 7.56. The number of aliphatic hydroxyl groups excluding tert-OH is 1. The van der Waals surface area contributed by atoms with Gasteiger partial charge in [0.15, 0.2) is 0 Å². The van der Waals surface area contributed by atoms with Gasteiger partial charge in [-0.1, -0.05) is 44.9 Å². The fourth-order valence-electron chi connectivity index (χ4n) is 2.02. The Kier molecular flexibility index (Phi) is 8.79. The minimum absolute atomic E-state index is 0.0839. The van der Waals surface area contributed by atoms with Crippen molar-refractivity contribution in [2.75, 3.05) is 6.61 Å². The number of ether oxygens (including phenoxy) is 1. The molecule has 20 heavy (non-hydrogen) atoms. The van der Waals surface area contributed by atoms with Crippen LogP contribution in [-0.2, 0) is 9.53 Å². The van der Waals surface area contributed by atoms with E-state index in [4.69, 9.17) is 9.84 Å². The zero-order valence-corrected chi connectivity index (χ0v) is 12.3. The molecule has 3 nitrogen and oxygen atoms in total. The van der Waals surface area contributed by atoms with Gasteiger partial charge in [-0.2, -0.15) is 0 Å². The van der Waals surface area contributed by atoms with Crippen LogP contribution in [0, 0.1) is 23.7 Å². The maximum absolute atomic E-state index is 11.0. The topological polar surface area (TPSA) is 49.8 Å². The largest absolute Gasteiger partial charge is 0.396 e. The summed E-state index contributed by atoms with van der Waals surface area (Å²) in [6.07, 6.45) is 9.03. The van der Waals surface area contributed by atoms with E-state index in [1.165, 1.54) is 32.1 Å². The van der Waals surface area contributed by atoms with Crippen molar-refractivity contribution < 1.29 is 14.6 Å². The highest BCUT2D eigenvalue weighted by Gasteiger charge is 2.36. The van der Waals surface area contributed by atoms with Gasteiger partial charge in [-0.3, -0.25) is 4.79 Å². The van der Waals surface area contributed by atoms with Crippen LogP contribution in [0.2, 0.25) is 0 Å². The molecule has 0 saturated carbocycles. The molecule has 1 aliphatic rings. The number of Topliss-reactive ketones (excluding diaryl/α,β-unsaturated/α-hetero) is 1. The fourth-order valence-corrected chi connectivity index (χ4v) is 2.02. The van der Waals surface area contributed by atoms with Crippen molar-refractivity contribution in [3.05, 3.63) is 0 Å². The Balaban J connectivity index is 2.04. The van der Waals surface area contributed by atoms with Gasteiger partial charge in [0.2, 0.25) is 5.78 Å². The quantitative estimate of drug-likeness (QED) is 0.304. The molecule has 0 aliphatic carbocycles. The highest BCUT2D eigenvalue weighted by atomic mass is 16.6. The molecule has 0 aromatic carbocycles. The van der Waals surface area contributed by atoms with E-state index in [9.17, 15) is 4.79 Å². The van der Waals surface area contributed by atoms with Gasteiger partial charge >= 0.3 is 0 Å². The van der Waals surface area contributed by atoms with Gasteiger partial charge in [0.1, 0.15) is 0 Å². The molecule has 3 heteroatoms. The number of carbonyl (C=O) groups is 1. The third kappa shape index (κ3) is 8.00. The van der Waals surface area contributed by atoms with Gasteiger partial charge in [-0.05, 0) is 24.2 Å². The van der Waals surface area contributed by atoms with E-state index >= 15 is 0 Å². The summed E-state index contributed by atoms with van der Waals surface area (Å²) >= 11 is 0. The molecule has 0 amide bonds. The number of aliphatic hydroxyl groups is 1. The molecule has 0 aromatic rings. The third-order valence-corrected chi connectivity index (χ3v) is 3.27. The molecule has 0 aromatic heterocycles. The average Bonchev–Trinajstić information content (AvgIpc) is 3.17. The molecule has 1 heterocycles. The van der Waals surface area contributed by atoms with Crippen LogP contribution in [0.25, 0.3) is 0 Å². The molecule has 1 N–H and O–H groups in total. The van der Waals surface area contributed by atoms with Gasteiger partial charge in [-0.25, -0.2) is 0 Å². The lowest BCUT2D eigenvalue weighted by Crippen LogP contribution is -1.95. The molecular formula is C17H24O3. The van der Waals surface area contributed by atoms with E-state index < -0.39 is 0 Å². The molecule has 0 bridgehead atoms. The van der Waals surface area contributed by atoms with Gasteiger partial charge in [0.25, 0.3) is 0 Å². The first-order valence-electron chi connectivity index (χ1n) is 7.56. The van der Waals surface area contributed by atoms with Crippen molar-refractivity contribution in [1.82, 2.24) is 0 Å². The SMILES string of the molecule is CCCCCCCC1OC1CC#CC#CC(=O)CCO. The van der Waals surface area contributed by atoms with Crippen LogP contribution in [0.4, 0.5) is 0 Å². The number of hydrogen-bond acceptors (Lipinski definition) is 3. The second-order valence-electron chi connectivity index (χ2n) is 5.07. The second kappa shape index (κ2) is 10.5. The molecule has 1 fully saturated rings. The summed E-state index contributed by atoms with van der Waals surface area (Å²) in [5.41, 5.74) is 0. The zero-order valence-electron chi connectivity index (χ0n) is 12.3. The molecule has 1 rings (SSSR count). The Morgan fingerprint density at radius 3 is 2.70 bits per heavy atom. The Bertz CT molecular complexity index is 405. The van der Waals surface area contributed by atoms with Crippen molar-refractivity contribution in [3.63, 3.8) is 0 Å². The number of hydrogen-bond donors (Lipinski definition) is 1. The summed E-state index contributed by atoms with van der Waals surface area (Å²) in [7, 11) is 0. The van der Waals surface area contributed by atoms with E-state index in [1.54, 1.807) is 0 Å². The lowest BCUT2D eigenvalue weighted by atomic mass is 10.1. The predicted molar refractivity (Wildman–Crippen MR) is 78.9 cm³/mol.